The molecule has 4 atom stereocenters. The molecule has 14 nitrogen and oxygen atoms in total. The maximum atomic E-state index is 12.8. The molecule has 0 aliphatic heterocycles. The van der Waals surface area contributed by atoms with Gasteiger partial charge in [-0.15, -0.1) is 0 Å². The molecule has 0 spiro atoms. The topological polar surface area (TPSA) is 192 Å². The molecule has 0 rings (SSSR count). The maximum Gasteiger partial charge on any atom is 0.333 e. The number of amides is 5. The van der Waals surface area contributed by atoms with Crippen molar-refractivity contribution >= 4 is 41.5 Å². The van der Waals surface area contributed by atoms with Gasteiger partial charge in [0.2, 0.25) is 23.6 Å². The zero-order valence-corrected chi connectivity index (χ0v) is 28.7. The van der Waals surface area contributed by atoms with Crippen molar-refractivity contribution in [2.75, 3.05) is 40.3 Å². The Balaban J connectivity index is 4.80. The fraction of sp³-hybridized carbons (Fsp3) is 0.656. The summed E-state index contributed by atoms with van der Waals surface area (Å²) in [7, 11) is 2.71. The lowest BCUT2D eigenvalue weighted by atomic mass is 9.97. The van der Waals surface area contributed by atoms with Crippen LogP contribution in [0, 0.1) is 11.8 Å². The summed E-state index contributed by atoms with van der Waals surface area (Å²) < 4.78 is 5.06. The van der Waals surface area contributed by atoms with Crippen molar-refractivity contribution in [1.29, 1.82) is 0 Å². The molecule has 0 bridgehead atoms. The molecule has 0 fully saturated rings. The Morgan fingerprint density at radius 1 is 0.913 bits per heavy atom. The zero-order valence-electron chi connectivity index (χ0n) is 28.7. The van der Waals surface area contributed by atoms with Gasteiger partial charge in [-0.2, -0.15) is 0 Å². The molecule has 5 amide bonds. The van der Waals surface area contributed by atoms with Gasteiger partial charge in [-0.1, -0.05) is 44.9 Å². The van der Waals surface area contributed by atoms with Crippen LogP contribution in [0.2, 0.25) is 0 Å². The Kier molecular flexibility index (Phi) is 19.5. The van der Waals surface area contributed by atoms with Gasteiger partial charge < -0.3 is 35.6 Å². The molecule has 0 saturated carbocycles. The van der Waals surface area contributed by atoms with Crippen LogP contribution in [0.25, 0.3) is 0 Å². The van der Waals surface area contributed by atoms with Crippen LogP contribution in [-0.2, 0) is 38.3 Å². The number of nitrogens with one attached hydrogen (secondary N) is 3. The van der Waals surface area contributed by atoms with Crippen LogP contribution < -0.4 is 16.0 Å². The van der Waals surface area contributed by atoms with E-state index in [-0.39, 0.29) is 5.92 Å². The van der Waals surface area contributed by atoms with Crippen molar-refractivity contribution in [3.05, 3.63) is 23.3 Å². The molecule has 0 saturated heterocycles. The Labute approximate surface area is 272 Å². The van der Waals surface area contributed by atoms with E-state index in [4.69, 9.17) is 9.84 Å². The summed E-state index contributed by atoms with van der Waals surface area (Å²) in [6, 6.07) is -2.03. The van der Waals surface area contributed by atoms with Crippen molar-refractivity contribution in [2.45, 2.75) is 86.2 Å². The number of carboxylic acids is 1. The molecule has 0 aliphatic rings. The van der Waals surface area contributed by atoms with Gasteiger partial charge in [0.05, 0.1) is 13.1 Å². The van der Waals surface area contributed by atoms with E-state index in [0.717, 1.165) is 22.6 Å². The molecule has 0 radical (unpaired) electrons. The molecule has 0 aromatic carbocycles. The number of ether oxygens (including phenoxy) is 1. The molecular weight excluding hydrogens is 598 g/mol. The smallest absolute Gasteiger partial charge is 0.333 e. The van der Waals surface area contributed by atoms with Crippen molar-refractivity contribution in [1.82, 2.24) is 25.8 Å². The fourth-order valence-electron chi connectivity index (χ4n) is 4.26. The van der Waals surface area contributed by atoms with Crippen LogP contribution in [0.1, 0.15) is 74.1 Å². The van der Waals surface area contributed by atoms with Crippen LogP contribution in [0.5, 0.6) is 0 Å². The number of aliphatic carboxylic acids is 1. The number of hydrogen-bond acceptors (Lipinski definition) is 8. The fourth-order valence-corrected chi connectivity index (χ4v) is 4.26. The minimum atomic E-state index is -1.23. The number of hydrogen-bond donors (Lipinski definition) is 4. The first-order valence-corrected chi connectivity index (χ1v) is 15.5. The summed E-state index contributed by atoms with van der Waals surface area (Å²) in [5, 5.41) is 16.0. The second-order valence-corrected chi connectivity index (χ2v) is 11.8. The van der Waals surface area contributed by atoms with Crippen LogP contribution in [0.4, 0.5) is 0 Å². The second-order valence-electron chi connectivity index (χ2n) is 11.8. The third-order valence-corrected chi connectivity index (χ3v) is 7.46. The monoisotopic (exact) mass is 651 g/mol. The SMILES string of the molecule is C/C=C(\C)CC(C)CC/C=C(\C)C(=O)OCC(=O)NC(C)C(=O)N(C)CC(=O)N(C)CC(=O)NC(C(=O)NCC(=O)O)C(C)CC. The maximum absolute atomic E-state index is 12.8. The Morgan fingerprint density at radius 2 is 1.54 bits per heavy atom. The lowest BCUT2D eigenvalue weighted by Crippen LogP contribution is -2.54. The lowest BCUT2D eigenvalue weighted by molar-refractivity contribution is -0.146. The van der Waals surface area contributed by atoms with Gasteiger partial charge in [0, 0.05) is 19.7 Å². The van der Waals surface area contributed by atoms with E-state index in [0.29, 0.717) is 24.3 Å². The normalized spacial score (nSPS) is 14.2. The third-order valence-electron chi connectivity index (χ3n) is 7.46. The van der Waals surface area contributed by atoms with Crippen molar-refractivity contribution < 1.29 is 43.4 Å². The Bertz CT molecular complexity index is 1150. The predicted molar refractivity (Wildman–Crippen MR) is 172 cm³/mol. The van der Waals surface area contributed by atoms with E-state index >= 15 is 0 Å². The summed E-state index contributed by atoms with van der Waals surface area (Å²) in [4.78, 5) is 87.9. The van der Waals surface area contributed by atoms with Crippen molar-refractivity contribution in [2.24, 2.45) is 11.8 Å². The van der Waals surface area contributed by atoms with Gasteiger partial charge in [-0.25, -0.2) is 4.79 Å². The summed E-state index contributed by atoms with van der Waals surface area (Å²) >= 11 is 0. The quantitative estimate of drug-likeness (QED) is 0.0856. The first-order chi connectivity index (χ1) is 21.4. The van der Waals surface area contributed by atoms with E-state index in [9.17, 15) is 33.6 Å². The largest absolute Gasteiger partial charge is 0.480 e. The predicted octanol–water partition coefficient (Wildman–Crippen LogP) is 1.40. The molecule has 0 aliphatic carbocycles. The van der Waals surface area contributed by atoms with Gasteiger partial charge in [0.15, 0.2) is 6.61 Å². The van der Waals surface area contributed by atoms with Gasteiger partial charge in [-0.3, -0.25) is 28.8 Å². The number of esters is 1. The molecule has 0 aromatic rings. The molecule has 0 aromatic heterocycles. The Hall–Kier alpha value is -4.23. The summed E-state index contributed by atoms with van der Waals surface area (Å²) in [6.45, 7) is 10.8. The highest BCUT2D eigenvalue weighted by atomic mass is 16.5. The molecule has 4 N–H and O–H groups in total. The first kappa shape index (κ1) is 41.8. The minimum Gasteiger partial charge on any atom is -0.480 e. The second kappa shape index (κ2) is 21.5. The van der Waals surface area contributed by atoms with Gasteiger partial charge >= 0.3 is 11.9 Å². The molecule has 260 valence electrons. The highest BCUT2D eigenvalue weighted by Crippen LogP contribution is 2.17. The average molecular weight is 652 g/mol. The molecule has 0 heterocycles. The highest BCUT2D eigenvalue weighted by Gasteiger charge is 2.28. The van der Waals surface area contributed by atoms with Gasteiger partial charge in [0.1, 0.15) is 18.6 Å². The van der Waals surface area contributed by atoms with E-state index in [2.05, 4.69) is 35.9 Å². The number of rotatable bonds is 20. The van der Waals surface area contributed by atoms with E-state index in [1.54, 1.807) is 19.9 Å². The first-order valence-electron chi connectivity index (χ1n) is 15.5. The van der Waals surface area contributed by atoms with E-state index in [1.165, 1.54) is 26.6 Å². The van der Waals surface area contributed by atoms with Crippen molar-refractivity contribution in [3.8, 4) is 0 Å². The van der Waals surface area contributed by atoms with Crippen LogP contribution in [-0.4, -0.2) is 109 Å². The molecular formula is C32H53N5O9. The zero-order chi connectivity index (χ0) is 35.6. The third kappa shape index (κ3) is 16.7. The summed E-state index contributed by atoms with van der Waals surface area (Å²) in [6.07, 6.45) is 6.98. The van der Waals surface area contributed by atoms with Gasteiger partial charge in [0.25, 0.3) is 5.91 Å². The molecule has 46 heavy (non-hydrogen) atoms. The number of likely N-dealkylation sites (N-methyl/N-ethyl adjacent to an activating group) is 2. The van der Waals surface area contributed by atoms with Crippen LogP contribution in [0.3, 0.4) is 0 Å². The summed E-state index contributed by atoms with van der Waals surface area (Å²) in [5.74, 6) is -4.85. The minimum absolute atomic E-state index is 0.306. The standard InChI is InChI=1S/C32H53N5O9/c1-10-20(3)15-21(4)13-12-14-23(6)32(45)46-19-26(39)34-24(7)31(44)37(9)18-27(40)36(8)17-25(38)35-29(22(5)11-2)30(43)33-16-28(41)42/h10,14,21-22,24,29H,11-13,15-19H2,1-9H3,(H,33,43)(H,34,39)(H,35,38)(H,41,42)/b20-10+,23-14+. The van der Waals surface area contributed by atoms with E-state index in [1.807, 2.05) is 13.8 Å². The highest BCUT2D eigenvalue weighted by molar-refractivity contribution is 5.94. The van der Waals surface area contributed by atoms with Crippen LogP contribution >= 0.6 is 0 Å². The Morgan fingerprint density at radius 3 is 2.11 bits per heavy atom. The number of carboxylic acid groups (broad SMARTS) is 1. The molecule has 14 heteroatoms. The molecule has 4 unspecified atom stereocenters. The number of carbonyl (C=O) groups excluding carboxylic acids is 6. The number of carbonyl (C=O) groups is 7. The lowest BCUT2D eigenvalue weighted by Gasteiger charge is -2.26. The average Bonchev–Trinajstić information content (AvgIpc) is 2.99. The van der Waals surface area contributed by atoms with Gasteiger partial charge in [-0.05, 0) is 58.8 Å². The van der Waals surface area contributed by atoms with E-state index < -0.39 is 79.8 Å². The number of nitrogens with zero attached hydrogens (tertiary/aromatic N) is 2. The van der Waals surface area contributed by atoms with Crippen LogP contribution in [0.15, 0.2) is 23.3 Å². The van der Waals surface area contributed by atoms with Crippen molar-refractivity contribution in [3.63, 3.8) is 0 Å². The summed E-state index contributed by atoms with van der Waals surface area (Å²) in [5.41, 5.74) is 1.70. The number of allylic oxidation sites excluding steroid dienone is 3.